The molecule has 0 bridgehead atoms. The quantitative estimate of drug-likeness (QED) is 0.471. The van der Waals surface area contributed by atoms with Crippen molar-refractivity contribution in [3.8, 4) is 22.2 Å². The van der Waals surface area contributed by atoms with Crippen LogP contribution in [0.2, 0.25) is 4.34 Å². The summed E-state index contributed by atoms with van der Waals surface area (Å²) in [5, 5.41) is 22.8. The molecule has 10 heteroatoms. The van der Waals surface area contributed by atoms with E-state index in [2.05, 4.69) is 5.10 Å². The lowest BCUT2D eigenvalue weighted by atomic mass is 9.93. The Bertz CT molecular complexity index is 1220. The molecule has 0 spiro atoms. The van der Waals surface area contributed by atoms with Crippen LogP contribution in [0.15, 0.2) is 18.2 Å². The molecule has 0 atom stereocenters. The topological polar surface area (TPSA) is 111 Å². The van der Waals surface area contributed by atoms with Gasteiger partial charge in [0.15, 0.2) is 0 Å². The maximum absolute atomic E-state index is 11.5. The SMILES string of the molecule is COc1c(C)cc(Cc2c(OC(=O)O)nn(CC(=O)O)c2-c2ccc(Cl)s2)c2c1CCC2. The van der Waals surface area contributed by atoms with Crippen molar-refractivity contribution in [3.63, 3.8) is 0 Å². The van der Waals surface area contributed by atoms with Gasteiger partial charge in [-0.15, -0.1) is 16.4 Å². The molecule has 4 rings (SSSR count). The van der Waals surface area contributed by atoms with Gasteiger partial charge in [0.1, 0.15) is 12.3 Å². The van der Waals surface area contributed by atoms with Crippen molar-refractivity contribution < 1.29 is 29.3 Å². The summed E-state index contributed by atoms with van der Waals surface area (Å²) in [6.45, 7) is 1.53. The molecule has 1 aromatic carbocycles. The molecule has 2 aromatic heterocycles. The molecule has 2 N–H and O–H groups in total. The zero-order chi connectivity index (χ0) is 23.0. The summed E-state index contributed by atoms with van der Waals surface area (Å²) in [7, 11) is 1.66. The third-order valence-electron chi connectivity index (χ3n) is 5.49. The number of benzene rings is 1. The number of hydrogen-bond donors (Lipinski definition) is 2. The standard InChI is InChI=1S/C22H21ClN2O6S/c1-11-8-12(13-4-3-5-14(13)20(11)30-2)9-15-19(16-6-7-17(23)32-16)25(10-18(26)27)24-21(15)31-22(28)29/h6-8H,3-5,9-10H2,1-2H3,(H,26,27)(H,28,29). The number of aryl methyl sites for hydroxylation is 1. The Morgan fingerprint density at radius 1 is 1.25 bits per heavy atom. The van der Waals surface area contributed by atoms with Gasteiger partial charge in [0.05, 0.1) is 22.0 Å². The van der Waals surface area contributed by atoms with Gasteiger partial charge < -0.3 is 19.7 Å². The van der Waals surface area contributed by atoms with E-state index in [4.69, 9.17) is 21.1 Å². The number of aliphatic carboxylic acids is 1. The van der Waals surface area contributed by atoms with Crippen LogP contribution in [0.25, 0.3) is 10.6 Å². The van der Waals surface area contributed by atoms with E-state index in [1.807, 2.05) is 13.0 Å². The fourth-order valence-electron chi connectivity index (χ4n) is 4.39. The fraction of sp³-hybridized carbons (Fsp3) is 0.318. The second-order valence-corrected chi connectivity index (χ2v) is 9.24. The first kappa shape index (κ1) is 22.2. The molecular weight excluding hydrogens is 456 g/mol. The second-order valence-electron chi connectivity index (χ2n) is 7.53. The molecule has 1 aliphatic rings. The van der Waals surface area contributed by atoms with Crippen molar-refractivity contribution >= 4 is 35.1 Å². The number of carbonyl (C=O) groups is 2. The van der Waals surface area contributed by atoms with Crippen LogP contribution < -0.4 is 9.47 Å². The van der Waals surface area contributed by atoms with Crippen LogP contribution >= 0.6 is 22.9 Å². The molecular formula is C22H21ClN2O6S. The van der Waals surface area contributed by atoms with Crippen LogP contribution in [-0.2, 0) is 30.6 Å². The summed E-state index contributed by atoms with van der Waals surface area (Å²) < 4.78 is 12.4. The highest BCUT2D eigenvalue weighted by Gasteiger charge is 2.28. The summed E-state index contributed by atoms with van der Waals surface area (Å²) in [6.07, 6.45) is 1.63. The number of carboxylic acid groups (broad SMARTS) is 2. The van der Waals surface area contributed by atoms with E-state index < -0.39 is 18.7 Å². The smallest absolute Gasteiger partial charge is 0.496 e. The molecule has 0 fully saturated rings. The van der Waals surface area contributed by atoms with Crippen LogP contribution in [0.1, 0.15) is 34.2 Å². The third-order valence-corrected chi connectivity index (χ3v) is 6.73. The van der Waals surface area contributed by atoms with Gasteiger partial charge in [0.25, 0.3) is 0 Å². The predicted octanol–water partition coefficient (Wildman–Crippen LogP) is 4.80. The second kappa shape index (κ2) is 8.84. The summed E-state index contributed by atoms with van der Waals surface area (Å²) in [6, 6.07) is 5.50. The number of methoxy groups -OCH3 is 1. The van der Waals surface area contributed by atoms with Crippen molar-refractivity contribution in [2.24, 2.45) is 0 Å². The molecule has 0 unspecified atom stereocenters. The number of ether oxygens (including phenoxy) is 2. The first-order valence-corrected chi connectivity index (χ1v) is 11.1. The molecule has 32 heavy (non-hydrogen) atoms. The van der Waals surface area contributed by atoms with Crippen molar-refractivity contribution in [3.05, 3.63) is 50.4 Å². The minimum atomic E-state index is -1.52. The summed E-state index contributed by atoms with van der Waals surface area (Å²) >= 11 is 7.40. The number of thiophene rings is 1. The number of rotatable bonds is 7. The Kier molecular flexibility index (Phi) is 6.12. The molecule has 2 heterocycles. The Balaban J connectivity index is 1.90. The lowest BCUT2D eigenvalue weighted by Gasteiger charge is -2.16. The highest BCUT2D eigenvalue weighted by atomic mass is 35.5. The molecule has 1 aliphatic carbocycles. The van der Waals surface area contributed by atoms with E-state index in [9.17, 15) is 19.8 Å². The van der Waals surface area contributed by atoms with Gasteiger partial charge in [-0.25, -0.2) is 9.48 Å². The Morgan fingerprint density at radius 2 is 2.00 bits per heavy atom. The van der Waals surface area contributed by atoms with Crippen molar-refractivity contribution in [2.75, 3.05) is 7.11 Å². The average Bonchev–Trinajstić information content (AvgIpc) is 3.41. The van der Waals surface area contributed by atoms with Gasteiger partial charge in [0, 0.05) is 12.0 Å². The van der Waals surface area contributed by atoms with Crippen LogP contribution in [0.5, 0.6) is 11.6 Å². The van der Waals surface area contributed by atoms with Crippen molar-refractivity contribution in [1.29, 1.82) is 0 Å². The van der Waals surface area contributed by atoms with Crippen LogP contribution in [0.4, 0.5) is 4.79 Å². The molecule has 0 aliphatic heterocycles. The highest BCUT2D eigenvalue weighted by Crippen LogP contribution is 2.41. The summed E-state index contributed by atoms with van der Waals surface area (Å²) in [4.78, 5) is 23.5. The first-order valence-electron chi connectivity index (χ1n) is 9.94. The Hall–Kier alpha value is -3.04. The Labute approximate surface area is 193 Å². The largest absolute Gasteiger partial charge is 0.512 e. The van der Waals surface area contributed by atoms with E-state index >= 15 is 0 Å². The van der Waals surface area contributed by atoms with Gasteiger partial charge in [-0.2, -0.15) is 0 Å². The normalized spacial score (nSPS) is 12.6. The Morgan fingerprint density at radius 3 is 2.62 bits per heavy atom. The molecule has 3 aromatic rings. The molecule has 0 amide bonds. The van der Waals surface area contributed by atoms with Gasteiger partial charge in [-0.3, -0.25) is 4.79 Å². The minimum Gasteiger partial charge on any atom is -0.496 e. The fourth-order valence-corrected chi connectivity index (χ4v) is 5.51. The number of nitrogens with zero attached hydrogens (tertiary/aromatic N) is 2. The average molecular weight is 477 g/mol. The van der Waals surface area contributed by atoms with Crippen molar-refractivity contribution in [2.45, 2.75) is 39.2 Å². The third kappa shape index (κ3) is 4.18. The monoisotopic (exact) mass is 476 g/mol. The van der Waals surface area contributed by atoms with Crippen LogP contribution in [-0.4, -0.2) is 39.2 Å². The molecule has 0 radical (unpaired) electrons. The zero-order valence-corrected chi connectivity index (χ0v) is 19.0. The highest BCUT2D eigenvalue weighted by molar-refractivity contribution is 7.19. The zero-order valence-electron chi connectivity index (χ0n) is 17.5. The number of hydrogen-bond acceptors (Lipinski definition) is 6. The van der Waals surface area contributed by atoms with E-state index in [0.717, 1.165) is 36.1 Å². The van der Waals surface area contributed by atoms with Gasteiger partial charge >= 0.3 is 12.1 Å². The van der Waals surface area contributed by atoms with Gasteiger partial charge in [0.2, 0.25) is 5.88 Å². The van der Waals surface area contributed by atoms with E-state index in [1.165, 1.54) is 27.1 Å². The summed E-state index contributed by atoms with van der Waals surface area (Å²) in [5.74, 6) is -0.348. The maximum Gasteiger partial charge on any atom is 0.512 e. The van der Waals surface area contributed by atoms with E-state index in [-0.39, 0.29) is 5.88 Å². The van der Waals surface area contributed by atoms with Crippen molar-refractivity contribution in [1.82, 2.24) is 9.78 Å². The van der Waals surface area contributed by atoms with Crippen LogP contribution in [0.3, 0.4) is 0 Å². The van der Waals surface area contributed by atoms with E-state index in [0.29, 0.717) is 26.9 Å². The summed E-state index contributed by atoms with van der Waals surface area (Å²) in [5.41, 5.74) is 5.34. The predicted molar refractivity (Wildman–Crippen MR) is 119 cm³/mol. The van der Waals surface area contributed by atoms with E-state index in [1.54, 1.807) is 19.2 Å². The number of carboxylic acids is 1. The molecule has 168 valence electrons. The first-order chi connectivity index (χ1) is 15.3. The lowest BCUT2D eigenvalue weighted by molar-refractivity contribution is -0.137. The lowest BCUT2D eigenvalue weighted by Crippen LogP contribution is -2.11. The minimum absolute atomic E-state index is 0.126. The van der Waals surface area contributed by atoms with Gasteiger partial charge in [-0.1, -0.05) is 17.7 Å². The number of aromatic nitrogens is 2. The number of fused-ring (bicyclic) bond motifs is 1. The number of halogens is 1. The molecule has 0 saturated heterocycles. The van der Waals surface area contributed by atoms with Crippen LogP contribution in [0, 0.1) is 6.92 Å². The molecule has 0 saturated carbocycles. The van der Waals surface area contributed by atoms with Gasteiger partial charge in [-0.05, 0) is 60.6 Å². The maximum atomic E-state index is 11.5. The molecule has 8 nitrogen and oxygen atoms in total.